The van der Waals surface area contributed by atoms with Crippen molar-refractivity contribution in [3.05, 3.63) is 111 Å². The van der Waals surface area contributed by atoms with Gasteiger partial charge < -0.3 is 24.6 Å². The minimum Gasteiger partial charge on any atom is -0.508 e. The van der Waals surface area contributed by atoms with Gasteiger partial charge in [0.05, 0.1) is 53.7 Å². The summed E-state index contributed by atoms with van der Waals surface area (Å²) in [6, 6.07) is 15.1. The third-order valence-corrected chi connectivity index (χ3v) is 12.3. The molecule has 2 saturated heterocycles. The van der Waals surface area contributed by atoms with Crippen LogP contribution in [0.25, 0.3) is 0 Å². The summed E-state index contributed by atoms with van der Waals surface area (Å²) in [6.45, 7) is 0. The van der Waals surface area contributed by atoms with Gasteiger partial charge in [0, 0.05) is 34.8 Å². The van der Waals surface area contributed by atoms with E-state index in [4.69, 9.17) is 32.7 Å². The highest BCUT2D eigenvalue weighted by Gasteiger charge is 2.71. The highest BCUT2D eigenvalue weighted by atomic mass is 35.5. The third-order valence-electron chi connectivity index (χ3n) is 11.8. The smallest absolute Gasteiger partial charge is 0.488 e. The lowest BCUT2D eigenvalue weighted by Crippen LogP contribution is -2.53. The molecule has 13 nitrogen and oxygen atoms in total. The number of rotatable bonds is 8. The summed E-state index contributed by atoms with van der Waals surface area (Å²) in [5.41, 5.74) is 0.631. The van der Waals surface area contributed by atoms with E-state index < -0.39 is 88.3 Å². The molecule has 8 rings (SSSR count). The number of nitrogens with one attached hydrogen (secondary N) is 1. The van der Waals surface area contributed by atoms with Gasteiger partial charge in [-0.25, -0.2) is 4.98 Å². The van der Waals surface area contributed by atoms with Crippen LogP contribution in [0.5, 0.6) is 17.2 Å². The Kier molecular flexibility index (Phi) is 9.93. The quantitative estimate of drug-likeness (QED) is 0.107. The van der Waals surface area contributed by atoms with E-state index in [-0.39, 0.29) is 46.8 Å². The Balaban J connectivity index is 1.35. The van der Waals surface area contributed by atoms with Gasteiger partial charge in [-0.2, -0.15) is 18.2 Å². The van der Waals surface area contributed by atoms with Crippen LogP contribution in [0.2, 0.25) is 10.0 Å². The van der Waals surface area contributed by atoms with Crippen molar-refractivity contribution < 1.29 is 57.0 Å². The number of methoxy groups -OCH3 is 2. The SMILES string of the molecule is COc1cc(O)cc(OC)c1[C@H]1C2=CC[C@@H]3C(=O)N(c4cccc(B(O)O)c4)C(=O)[C@@H]3[C@@H]2C[C@H]2C(=O)N(Nc3ncc(C(F)(F)F)cc3Cl)C(=O)[C@@]12c1ccc(Cl)cc1. The number of hydrogen-bond donors (Lipinski definition) is 4. The Labute approximate surface area is 344 Å². The molecular formula is C40H32BCl2F3N4O9. The maximum Gasteiger partial charge on any atom is 0.488 e. The van der Waals surface area contributed by atoms with Gasteiger partial charge in [0.25, 0.3) is 11.8 Å². The van der Waals surface area contributed by atoms with Gasteiger partial charge >= 0.3 is 13.3 Å². The number of nitrogens with zero attached hydrogens (tertiary/aromatic N) is 3. The number of pyridine rings is 1. The molecule has 0 bridgehead atoms. The van der Waals surface area contributed by atoms with Crippen molar-refractivity contribution in [3.63, 3.8) is 0 Å². The molecule has 59 heavy (non-hydrogen) atoms. The van der Waals surface area contributed by atoms with E-state index in [1.54, 1.807) is 18.2 Å². The molecule has 4 amide bonds. The summed E-state index contributed by atoms with van der Waals surface area (Å²) in [5, 5.41) is 30.9. The van der Waals surface area contributed by atoms with Crippen LogP contribution >= 0.6 is 23.2 Å². The number of fused-ring (bicyclic) bond motifs is 4. The summed E-state index contributed by atoms with van der Waals surface area (Å²) >= 11 is 12.6. The molecule has 2 aliphatic heterocycles. The number of aromatic nitrogens is 1. The highest BCUT2D eigenvalue weighted by Crippen LogP contribution is 2.66. The number of ether oxygens (including phenoxy) is 2. The lowest BCUT2D eigenvalue weighted by molar-refractivity contribution is -0.139. The molecule has 4 aromatic rings. The van der Waals surface area contributed by atoms with E-state index in [1.807, 2.05) is 0 Å². The molecule has 0 unspecified atom stereocenters. The van der Waals surface area contributed by atoms with E-state index in [1.165, 1.54) is 62.8 Å². The number of hydrazine groups is 1. The van der Waals surface area contributed by atoms with Crippen LogP contribution in [-0.2, 0) is 30.8 Å². The van der Waals surface area contributed by atoms with Crippen molar-refractivity contribution in [1.82, 2.24) is 9.99 Å². The van der Waals surface area contributed by atoms with E-state index >= 15 is 9.59 Å². The fourth-order valence-electron chi connectivity index (χ4n) is 9.39. The van der Waals surface area contributed by atoms with Gasteiger partial charge in [-0.05, 0) is 60.1 Å². The predicted molar refractivity (Wildman–Crippen MR) is 207 cm³/mol. The monoisotopic (exact) mass is 850 g/mol. The molecule has 4 N–H and O–H groups in total. The van der Waals surface area contributed by atoms with Crippen LogP contribution in [0.15, 0.2) is 84.6 Å². The van der Waals surface area contributed by atoms with E-state index in [9.17, 15) is 37.9 Å². The number of alkyl halides is 3. The second kappa shape index (κ2) is 14.6. The highest BCUT2D eigenvalue weighted by molar-refractivity contribution is 6.58. The average Bonchev–Trinajstić information content (AvgIpc) is 3.58. The Bertz CT molecular complexity index is 2450. The number of benzene rings is 3. The van der Waals surface area contributed by atoms with Gasteiger partial charge in [-0.1, -0.05) is 59.1 Å². The Morgan fingerprint density at radius 3 is 2.20 bits per heavy atom. The van der Waals surface area contributed by atoms with Crippen LogP contribution in [0.1, 0.15) is 35.4 Å². The number of allylic oxidation sites excluding steroid dienone is 2. The van der Waals surface area contributed by atoms with Gasteiger partial charge in [-0.3, -0.25) is 29.5 Å². The molecule has 19 heteroatoms. The fourth-order valence-corrected chi connectivity index (χ4v) is 9.72. The molecule has 4 aliphatic rings. The average molecular weight is 851 g/mol. The first-order valence-electron chi connectivity index (χ1n) is 18.1. The first kappa shape index (κ1) is 40.2. The van der Waals surface area contributed by atoms with Gasteiger partial charge in [0.1, 0.15) is 17.2 Å². The molecule has 1 aromatic heterocycles. The maximum atomic E-state index is 15.5. The van der Waals surface area contributed by atoms with Crippen LogP contribution in [0.3, 0.4) is 0 Å². The number of halogens is 5. The number of phenols is 1. The van der Waals surface area contributed by atoms with E-state index in [2.05, 4.69) is 10.4 Å². The number of hydrogen-bond acceptors (Lipinski definition) is 11. The molecular weight excluding hydrogens is 819 g/mol. The van der Waals surface area contributed by atoms with Crippen molar-refractivity contribution in [2.24, 2.45) is 23.7 Å². The normalized spacial score (nSPS) is 25.0. The lowest BCUT2D eigenvalue weighted by Gasteiger charge is -2.51. The van der Waals surface area contributed by atoms with Crippen LogP contribution < -0.4 is 25.3 Å². The molecule has 2 aliphatic carbocycles. The van der Waals surface area contributed by atoms with E-state index in [0.717, 1.165) is 4.90 Å². The minimum absolute atomic E-state index is 0.0235. The molecule has 0 spiro atoms. The second-order valence-corrected chi connectivity index (χ2v) is 15.5. The Morgan fingerprint density at radius 2 is 1.59 bits per heavy atom. The van der Waals surface area contributed by atoms with Crippen LogP contribution in [0.4, 0.5) is 24.7 Å². The molecule has 3 fully saturated rings. The minimum atomic E-state index is -4.79. The summed E-state index contributed by atoms with van der Waals surface area (Å²) < 4.78 is 52.3. The fraction of sp³-hybridized carbons (Fsp3) is 0.275. The summed E-state index contributed by atoms with van der Waals surface area (Å²) in [5.74, 6) is -8.88. The lowest BCUT2D eigenvalue weighted by atomic mass is 9.49. The third kappa shape index (κ3) is 6.21. The van der Waals surface area contributed by atoms with Gasteiger partial charge in [0.2, 0.25) is 11.8 Å². The van der Waals surface area contributed by atoms with Crippen LogP contribution in [-0.4, -0.2) is 70.1 Å². The molecule has 3 aromatic carbocycles. The zero-order valence-corrected chi connectivity index (χ0v) is 32.4. The molecule has 304 valence electrons. The van der Waals surface area contributed by atoms with Gasteiger partial charge in [-0.15, -0.1) is 0 Å². The van der Waals surface area contributed by atoms with Crippen molar-refractivity contribution in [3.8, 4) is 17.2 Å². The topological polar surface area (TPSA) is 179 Å². The molecule has 3 heterocycles. The number of amides is 4. The van der Waals surface area contributed by atoms with E-state index in [0.29, 0.717) is 33.4 Å². The Hall–Kier alpha value is -5.62. The van der Waals surface area contributed by atoms with Crippen LogP contribution in [0, 0.1) is 23.7 Å². The number of aromatic hydroxyl groups is 1. The standard InChI is InChI=1S/C40H32BCl2F3N4O9/c1-58-29-14-23(51)15-30(59-2)32(29)33-24-10-11-25-31(37(54)49(35(25)52)22-5-3-4-20(13-22)41(56)57)26(24)16-27-36(53)50(38(55)39(27,33)18-6-8-21(42)9-7-18)48-34-28(43)12-19(17-47-34)40(44,45)46/h3-10,12-15,17,25-27,31,33,51,56-57H,11,16H2,1-2H3,(H,47,48)/t25-,26+,27-,31-,33+,39+/m0/s1. The van der Waals surface area contributed by atoms with Crippen molar-refractivity contribution in [2.75, 3.05) is 24.5 Å². The van der Waals surface area contributed by atoms with Crippen molar-refractivity contribution in [1.29, 1.82) is 0 Å². The number of carbonyl (C=O) groups excluding carboxylic acids is 4. The predicted octanol–water partition coefficient (Wildman–Crippen LogP) is 5.00. The summed E-state index contributed by atoms with van der Waals surface area (Å²) in [6.07, 6.45) is -2.68. The second-order valence-electron chi connectivity index (χ2n) is 14.7. The first-order valence-corrected chi connectivity index (χ1v) is 18.9. The molecule has 1 saturated carbocycles. The molecule has 6 atom stereocenters. The van der Waals surface area contributed by atoms with Gasteiger partial charge in [0.15, 0.2) is 5.82 Å². The summed E-state index contributed by atoms with van der Waals surface area (Å²) in [4.78, 5) is 64.2. The van der Waals surface area contributed by atoms with Crippen molar-refractivity contribution >= 4 is 70.9 Å². The first-order chi connectivity index (χ1) is 28.0. The molecule has 0 radical (unpaired) electrons. The zero-order valence-electron chi connectivity index (χ0n) is 30.9. The van der Waals surface area contributed by atoms with Crippen molar-refractivity contribution in [2.45, 2.75) is 30.4 Å². The Morgan fingerprint density at radius 1 is 0.915 bits per heavy atom. The summed E-state index contributed by atoms with van der Waals surface area (Å²) in [7, 11) is 0.777. The maximum absolute atomic E-state index is 15.5. The number of imide groups is 2. The largest absolute Gasteiger partial charge is 0.508 e. The number of phenolic OH excluding ortho intramolecular Hbond substituents is 1. The number of carbonyl (C=O) groups is 4. The number of anilines is 2. The zero-order chi connectivity index (χ0) is 42.3.